The Balaban J connectivity index is 1.12. The van der Waals surface area contributed by atoms with Gasteiger partial charge in [-0.05, 0) is 63.1 Å². The first kappa shape index (κ1) is 30.4. The fourth-order valence-electron chi connectivity index (χ4n) is 5.82. The zero-order valence-electron chi connectivity index (χ0n) is 23.5. The number of aromatic nitrogens is 2. The lowest BCUT2D eigenvalue weighted by atomic mass is 9.98. The Morgan fingerprint density at radius 1 is 1.12 bits per heavy atom. The van der Waals surface area contributed by atoms with Gasteiger partial charge in [-0.15, -0.1) is 18.3 Å². The summed E-state index contributed by atoms with van der Waals surface area (Å²) in [5, 5.41) is 15.0. The van der Waals surface area contributed by atoms with Crippen molar-refractivity contribution in [2.75, 3.05) is 38.2 Å². The Morgan fingerprint density at radius 3 is 2.60 bits per heavy atom. The Labute approximate surface area is 242 Å². The number of hydrogen-bond donors (Lipinski definition) is 2. The standard InChI is InChI=1S/C29H37F4N5O4/c1-18-25(34-15-22-3-2-4-26(41-22)19-5-7-21(8-6-19)42-29(31,32)33)16-35-37-27(18)28(39)38-12-9-20(10-13-38)36-24-11-14-40-17-23(24)30/h5-8,16,20,22-24,26,36H,2-4,9-15,17H2,1H3,(H,34,37)/t22-,23?,24?,26+/m1/s1. The van der Waals surface area contributed by atoms with Gasteiger partial charge in [-0.3, -0.25) is 4.79 Å². The van der Waals surface area contributed by atoms with Crippen molar-refractivity contribution in [3.63, 3.8) is 0 Å². The molecular formula is C29H37F4N5O4. The number of piperidine rings is 1. The number of nitrogens with one attached hydrogen (secondary N) is 2. The Kier molecular flexibility index (Phi) is 9.79. The molecule has 13 heteroatoms. The monoisotopic (exact) mass is 595 g/mol. The Hall–Kier alpha value is -3.03. The molecule has 3 aliphatic heterocycles. The largest absolute Gasteiger partial charge is 0.573 e. The molecule has 0 saturated carbocycles. The summed E-state index contributed by atoms with van der Waals surface area (Å²) in [7, 11) is 0. The molecule has 3 aliphatic rings. The number of halogens is 4. The van der Waals surface area contributed by atoms with Crippen LogP contribution in [0.2, 0.25) is 0 Å². The minimum atomic E-state index is -4.73. The molecule has 2 aromatic rings. The molecule has 9 nitrogen and oxygen atoms in total. The van der Waals surface area contributed by atoms with E-state index in [2.05, 4.69) is 25.6 Å². The summed E-state index contributed by atoms with van der Waals surface area (Å²) in [6.45, 7) is 4.10. The molecule has 1 aromatic heterocycles. The van der Waals surface area contributed by atoms with E-state index >= 15 is 0 Å². The van der Waals surface area contributed by atoms with Crippen LogP contribution in [-0.2, 0) is 9.47 Å². The molecule has 1 amide bonds. The van der Waals surface area contributed by atoms with Crippen molar-refractivity contribution in [1.82, 2.24) is 20.4 Å². The second-order valence-electron chi connectivity index (χ2n) is 11.1. The van der Waals surface area contributed by atoms with Crippen LogP contribution in [-0.4, -0.2) is 84.6 Å². The van der Waals surface area contributed by atoms with Gasteiger partial charge in [0.1, 0.15) is 11.9 Å². The number of benzene rings is 1. The summed E-state index contributed by atoms with van der Waals surface area (Å²) < 4.78 is 66.9. The molecule has 1 aromatic carbocycles. The van der Waals surface area contributed by atoms with E-state index in [-0.39, 0.29) is 42.6 Å². The zero-order chi connectivity index (χ0) is 29.7. The number of amides is 1. The van der Waals surface area contributed by atoms with Gasteiger partial charge in [0.05, 0.1) is 30.7 Å². The van der Waals surface area contributed by atoms with E-state index in [0.717, 1.165) is 37.7 Å². The molecule has 0 spiro atoms. The van der Waals surface area contributed by atoms with E-state index in [4.69, 9.17) is 9.47 Å². The van der Waals surface area contributed by atoms with Crippen molar-refractivity contribution in [2.24, 2.45) is 0 Å². The first-order valence-corrected chi connectivity index (χ1v) is 14.5. The summed E-state index contributed by atoms with van der Waals surface area (Å²) in [5.41, 5.74) is 2.48. The highest BCUT2D eigenvalue weighted by molar-refractivity contribution is 5.94. The van der Waals surface area contributed by atoms with Gasteiger partial charge < -0.3 is 29.7 Å². The topological polar surface area (TPSA) is 97.8 Å². The predicted octanol–water partition coefficient (Wildman–Crippen LogP) is 4.73. The number of nitrogens with zero attached hydrogens (tertiary/aromatic N) is 3. The fourth-order valence-corrected chi connectivity index (χ4v) is 5.82. The molecule has 4 atom stereocenters. The second kappa shape index (κ2) is 13.5. The number of likely N-dealkylation sites (tertiary alicyclic amines) is 1. The van der Waals surface area contributed by atoms with E-state index in [1.165, 1.54) is 12.1 Å². The molecule has 42 heavy (non-hydrogen) atoms. The minimum Gasteiger partial charge on any atom is -0.406 e. The van der Waals surface area contributed by atoms with Crippen LogP contribution >= 0.6 is 0 Å². The maximum absolute atomic E-state index is 14.1. The van der Waals surface area contributed by atoms with Crippen LogP contribution in [0.15, 0.2) is 30.5 Å². The highest BCUT2D eigenvalue weighted by atomic mass is 19.4. The maximum atomic E-state index is 14.1. The van der Waals surface area contributed by atoms with Crippen molar-refractivity contribution in [3.8, 4) is 5.75 Å². The normalized spacial score (nSPS) is 25.7. The zero-order valence-corrected chi connectivity index (χ0v) is 23.5. The van der Waals surface area contributed by atoms with E-state index in [9.17, 15) is 22.4 Å². The lowest BCUT2D eigenvalue weighted by molar-refractivity contribution is -0.274. The van der Waals surface area contributed by atoms with Crippen LogP contribution in [0.4, 0.5) is 23.2 Å². The van der Waals surface area contributed by atoms with Gasteiger partial charge in [-0.2, -0.15) is 5.10 Å². The van der Waals surface area contributed by atoms with Crippen molar-refractivity contribution < 1.29 is 36.6 Å². The van der Waals surface area contributed by atoms with Gasteiger partial charge in [-0.25, -0.2) is 4.39 Å². The van der Waals surface area contributed by atoms with Crippen LogP contribution in [0.25, 0.3) is 0 Å². The average Bonchev–Trinajstić information content (AvgIpc) is 2.98. The van der Waals surface area contributed by atoms with Crippen LogP contribution in [0, 0.1) is 6.92 Å². The fraction of sp³-hybridized carbons (Fsp3) is 0.621. The summed E-state index contributed by atoms with van der Waals surface area (Å²) in [6.07, 6.45) is 0.0828. The molecule has 0 bridgehead atoms. The lowest BCUT2D eigenvalue weighted by Crippen LogP contribution is -2.52. The minimum absolute atomic E-state index is 0.128. The molecule has 3 fully saturated rings. The second-order valence-corrected chi connectivity index (χ2v) is 11.1. The number of carbonyl (C=O) groups is 1. The summed E-state index contributed by atoms with van der Waals surface area (Å²) >= 11 is 0. The molecule has 3 saturated heterocycles. The number of anilines is 1. The van der Waals surface area contributed by atoms with Crippen LogP contribution in [0.5, 0.6) is 5.75 Å². The van der Waals surface area contributed by atoms with Gasteiger partial charge in [-0.1, -0.05) is 12.1 Å². The highest BCUT2D eigenvalue weighted by Crippen LogP contribution is 2.33. The highest BCUT2D eigenvalue weighted by Gasteiger charge is 2.32. The van der Waals surface area contributed by atoms with Gasteiger partial charge in [0.2, 0.25) is 0 Å². The SMILES string of the molecule is Cc1c(NC[C@H]2CCC[C@@H](c3ccc(OC(F)(F)F)cc3)O2)cnnc1C(=O)N1CCC(NC2CCOCC2F)CC1. The van der Waals surface area contributed by atoms with Gasteiger partial charge in [0.25, 0.3) is 5.91 Å². The van der Waals surface area contributed by atoms with E-state index in [0.29, 0.717) is 49.6 Å². The molecular weight excluding hydrogens is 558 g/mol. The smallest absolute Gasteiger partial charge is 0.406 e. The van der Waals surface area contributed by atoms with Crippen molar-refractivity contribution in [2.45, 2.75) is 82.3 Å². The summed E-state index contributed by atoms with van der Waals surface area (Å²) in [5.74, 6) is -0.444. The summed E-state index contributed by atoms with van der Waals surface area (Å²) in [6, 6.07) is 5.73. The van der Waals surface area contributed by atoms with Crippen LogP contribution < -0.4 is 15.4 Å². The molecule has 4 heterocycles. The molecule has 0 radical (unpaired) electrons. The van der Waals surface area contributed by atoms with Gasteiger partial charge >= 0.3 is 6.36 Å². The lowest BCUT2D eigenvalue weighted by Gasteiger charge is -2.36. The third-order valence-electron chi connectivity index (χ3n) is 8.18. The predicted molar refractivity (Wildman–Crippen MR) is 146 cm³/mol. The van der Waals surface area contributed by atoms with Crippen molar-refractivity contribution >= 4 is 11.6 Å². The van der Waals surface area contributed by atoms with Gasteiger partial charge in [0.15, 0.2) is 5.69 Å². The Bertz CT molecular complexity index is 1190. The average molecular weight is 596 g/mol. The van der Waals surface area contributed by atoms with E-state index in [1.807, 2.05) is 6.92 Å². The maximum Gasteiger partial charge on any atom is 0.573 e. The van der Waals surface area contributed by atoms with Crippen LogP contribution in [0.3, 0.4) is 0 Å². The number of ether oxygens (including phenoxy) is 3. The third kappa shape index (κ3) is 7.87. The molecule has 5 rings (SSSR count). The number of rotatable bonds is 8. The number of hydrogen-bond acceptors (Lipinski definition) is 8. The molecule has 2 N–H and O–H groups in total. The number of carbonyl (C=O) groups excluding carboxylic acids is 1. The molecule has 2 unspecified atom stereocenters. The first-order valence-electron chi connectivity index (χ1n) is 14.5. The van der Waals surface area contributed by atoms with E-state index < -0.39 is 12.5 Å². The van der Waals surface area contributed by atoms with Crippen molar-refractivity contribution in [1.29, 1.82) is 0 Å². The molecule has 230 valence electrons. The summed E-state index contributed by atoms with van der Waals surface area (Å²) in [4.78, 5) is 15.1. The third-order valence-corrected chi connectivity index (χ3v) is 8.18. The van der Waals surface area contributed by atoms with E-state index in [1.54, 1.807) is 23.2 Å². The molecule has 0 aliphatic carbocycles. The number of alkyl halides is 4. The van der Waals surface area contributed by atoms with Crippen LogP contribution in [0.1, 0.15) is 66.2 Å². The van der Waals surface area contributed by atoms with Crippen molar-refractivity contribution in [3.05, 3.63) is 47.3 Å². The quantitative estimate of drug-likeness (QED) is 0.423. The first-order chi connectivity index (χ1) is 20.2. The van der Waals surface area contributed by atoms with Gasteiger partial charge in [0, 0.05) is 43.9 Å². The Morgan fingerprint density at radius 2 is 1.88 bits per heavy atom.